The standard InChI is InChI=1S/C31H29N3O4/c35-29-23-8-4-5-9-24(23)30-26(25(19-38-30)31(36)37)27(29)28(34-16-14-32-15-17-34)21-12-13-33-22(18-21)11-10-20-6-2-1-3-7-20/h1-9,12-13,18-19,28,32,35H,10-11,14-17H2,(H,36,37). The highest BCUT2D eigenvalue weighted by molar-refractivity contribution is 6.15. The number of aromatic carboxylic acids is 1. The van der Waals surface area contributed by atoms with Crippen molar-refractivity contribution >= 4 is 27.7 Å². The van der Waals surface area contributed by atoms with Gasteiger partial charge in [0.1, 0.15) is 23.2 Å². The third kappa shape index (κ3) is 4.40. The average molecular weight is 508 g/mol. The molecule has 2 aromatic heterocycles. The second-order valence-electron chi connectivity index (χ2n) is 9.72. The van der Waals surface area contributed by atoms with E-state index in [0.717, 1.165) is 50.3 Å². The lowest BCUT2D eigenvalue weighted by Gasteiger charge is -2.36. The molecular formula is C31H29N3O4. The third-order valence-corrected chi connectivity index (χ3v) is 7.43. The first-order valence-electron chi connectivity index (χ1n) is 12.9. The average Bonchev–Trinajstić information content (AvgIpc) is 3.41. The molecule has 0 saturated carbocycles. The number of carbonyl (C=O) groups is 1. The number of fused-ring (bicyclic) bond motifs is 3. The van der Waals surface area contributed by atoms with Gasteiger partial charge in [-0.2, -0.15) is 0 Å². The molecule has 3 N–H and O–H groups in total. The van der Waals surface area contributed by atoms with Crippen LogP contribution in [0.4, 0.5) is 0 Å². The van der Waals surface area contributed by atoms with Crippen molar-refractivity contribution in [3.05, 3.63) is 107 Å². The van der Waals surface area contributed by atoms with E-state index in [1.165, 1.54) is 11.8 Å². The number of aromatic hydroxyl groups is 1. The highest BCUT2D eigenvalue weighted by Gasteiger charge is 2.33. The zero-order valence-electron chi connectivity index (χ0n) is 20.9. The highest BCUT2D eigenvalue weighted by atomic mass is 16.4. The summed E-state index contributed by atoms with van der Waals surface area (Å²) in [5, 5.41) is 27.0. The van der Waals surface area contributed by atoms with Crippen molar-refractivity contribution < 1.29 is 19.4 Å². The van der Waals surface area contributed by atoms with E-state index in [1.54, 1.807) is 0 Å². The van der Waals surface area contributed by atoms with Gasteiger partial charge >= 0.3 is 5.97 Å². The molecule has 0 bridgehead atoms. The van der Waals surface area contributed by atoms with E-state index in [-0.39, 0.29) is 17.4 Å². The SMILES string of the molecule is O=C(O)c1coc2c1c(C(c1ccnc(CCc3ccccc3)c1)N1CCNCC1)c(O)c1ccccc12. The fourth-order valence-electron chi connectivity index (χ4n) is 5.62. The quantitative estimate of drug-likeness (QED) is 0.280. The Kier molecular flexibility index (Phi) is 6.54. The number of nitrogens with one attached hydrogen (secondary N) is 1. The van der Waals surface area contributed by atoms with Crippen LogP contribution in [0.3, 0.4) is 0 Å². The number of hydrogen-bond acceptors (Lipinski definition) is 6. The minimum atomic E-state index is -1.09. The zero-order valence-corrected chi connectivity index (χ0v) is 20.9. The fraction of sp³-hybridized carbons (Fsp3) is 0.226. The van der Waals surface area contributed by atoms with Gasteiger partial charge < -0.3 is 19.9 Å². The van der Waals surface area contributed by atoms with Gasteiger partial charge in [-0.25, -0.2) is 4.79 Å². The van der Waals surface area contributed by atoms with Crippen LogP contribution in [-0.2, 0) is 12.8 Å². The lowest BCUT2D eigenvalue weighted by Crippen LogP contribution is -2.45. The number of furan rings is 1. The molecule has 0 amide bonds. The molecule has 0 radical (unpaired) electrons. The van der Waals surface area contributed by atoms with E-state index in [4.69, 9.17) is 4.42 Å². The lowest BCUT2D eigenvalue weighted by atomic mass is 9.88. The Bertz CT molecular complexity index is 1610. The molecule has 7 heteroatoms. The van der Waals surface area contributed by atoms with E-state index in [2.05, 4.69) is 33.4 Å². The minimum Gasteiger partial charge on any atom is -0.507 e. The molecular weight excluding hydrogens is 478 g/mol. The highest BCUT2D eigenvalue weighted by Crippen LogP contribution is 2.46. The maximum atomic E-state index is 12.3. The Labute approximate surface area is 220 Å². The number of phenols is 1. The summed E-state index contributed by atoms with van der Waals surface area (Å²) in [5.74, 6) is -1.000. The smallest absolute Gasteiger partial charge is 0.339 e. The summed E-state index contributed by atoms with van der Waals surface area (Å²) in [4.78, 5) is 19.3. The number of piperazine rings is 1. The number of phenolic OH excluding ortho intramolecular Hbond substituents is 1. The lowest BCUT2D eigenvalue weighted by molar-refractivity contribution is 0.0698. The first kappa shape index (κ1) is 24.2. The minimum absolute atomic E-state index is 0.0505. The summed E-state index contributed by atoms with van der Waals surface area (Å²) in [6.07, 6.45) is 4.74. The van der Waals surface area contributed by atoms with E-state index >= 15 is 0 Å². The van der Waals surface area contributed by atoms with Gasteiger partial charge in [0.2, 0.25) is 0 Å². The molecule has 0 spiro atoms. The van der Waals surface area contributed by atoms with Crippen LogP contribution in [0.25, 0.3) is 21.7 Å². The molecule has 1 aliphatic rings. The number of aryl methyl sites for hydroxylation is 2. The number of benzene rings is 3. The second kappa shape index (κ2) is 10.3. The predicted octanol–water partition coefficient (Wildman–Crippen LogP) is 5.16. The van der Waals surface area contributed by atoms with Crippen molar-refractivity contribution in [3.8, 4) is 5.75 Å². The van der Waals surface area contributed by atoms with Gasteiger partial charge in [-0.1, -0.05) is 54.6 Å². The molecule has 1 atom stereocenters. The van der Waals surface area contributed by atoms with Crippen LogP contribution in [0.15, 0.2) is 83.6 Å². The van der Waals surface area contributed by atoms with Crippen molar-refractivity contribution in [1.29, 1.82) is 0 Å². The molecule has 0 aliphatic carbocycles. The molecule has 7 nitrogen and oxygen atoms in total. The van der Waals surface area contributed by atoms with Crippen molar-refractivity contribution in [2.24, 2.45) is 0 Å². The summed E-state index contributed by atoms with van der Waals surface area (Å²) in [6.45, 7) is 3.11. The first-order chi connectivity index (χ1) is 18.6. The normalized spacial score (nSPS) is 15.2. The number of carboxylic acids is 1. The Balaban J connectivity index is 1.53. The number of pyridine rings is 1. The number of aromatic nitrogens is 1. The third-order valence-electron chi connectivity index (χ3n) is 7.43. The Morgan fingerprint density at radius 3 is 2.50 bits per heavy atom. The molecule has 1 unspecified atom stereocenters. The van der Waals surface area contributed by atoms with Crippen molar-refractivity contribution in [2.45, 2.75) is 18.9 Å². The fourth-order valence-corrected chi connectivity index (χ4v) is 5.62. The molecule has 1 saturated heterocycles. The first-order valence-corrected chi connectivity index (χ1v) is 12.9. The molecule has 3 aromatic carbocycles. The Morgan fingerprint density at radius 2 is 1.74 bits per heavy atom. The number of rotatable bonds is 7. The molecule has 3 heterocycles. The molecule has 5 aromatic rings. The summed E-state index contributed by atoms with van der Waals surface area (Å²) in [5.41, 5.74) is 4.26. The van der Waals surface area contributed by atoms with Gasteiger partial charge in [0, 0.05) is 59.8 Å². The van der Waals surface area contributed by atoms with Gasteiger partial charge in [0.15, 0.2) is 0 Å². The summed E-state index contributed by atoms with van der Waals surface area (Å²) in [6, 6.07) is 21.4. The number of nitrogens with zero attached hydrogens (tertiary/aromatic N) is 2. The van der Waals surface area contributed by atoms with Crippen LogP contribution in [-0.4, -0.2) is 52.2 Å². The summed E-state index contributed by atoms with van der Waals surface area (Å²) >= 11 is 0. The molecule has 6 rings (SSSR count). The zero-order chi connectivity index (χ0) is 26.1. The molecule has 1 aliphatic heterocycles. The summed E-state index contributed by atoms with van der Waals surface area (Å²) in [7, 11) is 0. The van der Waals surface area contributed by atoms with Crippen molar-refractivity contribution in [3.63, 3.8) is 0 Å². The van der Waals surface area contributed by atoms with Gasteiger partial charge in [-0.05, 0) is 36.1 Å². The van der Waals surface area contributed by atoms with Gasteiger partial charge in [-0.3, -0.25) is 9.88 Å². The van der Waals surface area contributed by atoms with Gasteiger partial charge in [0.25, 0.3) is 0 Å². The number of carboxylic acid groups (broad SMARTS) is 1. The topological polar surface area (TPSA) is 98.8 Å². The van der Waals surface area contributed by atoms with Crippen LogP contribution in [0.1, 0.15) is 38.8 Å². The van der Waals surface area contributed by atoms with Gasteiger partial charge in [0.05, 0.1) is 6.04 Å². The van der Waals surface area contributed by atoms with E-state index < -0.39 is 5.97 Å². The molecule has 1 fully saturated rings. The molecule has 192 valence electrons. The van der Waals surface area contributed by atoms with E-state index in [0.29, 0.717) is 27.3 Å². The van der Waals surface area contributed by atoms with Crippen LogP contribution in [0.5, 0.6) is 5.75 Å². The van der Waals surface area contributed by atoms with E-state index in [9.17, 15) is 15.0 Å². The maximum absolute atomic E-state index is 12.3. The predicted molar refractivity (Wildman–Crippen MR) is 147 cm³/mol. The van der Waals surface area contributed by atoms with Crippen LogP contribution < -0.4 is 5.32 Å². The van der Waals surface area contributed by atoms with Gasteiger partial charge in [-0.15, -0.1) is 0 Å². The monoisotopic (exact) mass is 507 g/mol. The summed E-state index contributed by atoms with van der Waals surface area (Å²) < 4.78 is 5.87. The Morgan fingerprint density at radius 1 is 1.00 bits per heavy atom. The van der Waals surface area contributed by atoms with E-state index in [1.807, 2.05) is 54.7 Å². The van der Waals surface area contributed by atoms with Crippen LogP contribution in [0.2, 0.25) is 0 Å². The van der Waals surface area contributed by atoms with Crippen LogP contribution in [0, 0.1) is 0 Å². The molecule has 38 heavy (non-hydrogen) atoms. The Hall–Kier alpha value is -4.20. The van der Waals surface area contributed by atoms with Crippen molar-refractivity contribution in [1.82, 2.24) is 15.2 Å². The van der Waals surface area contributed by atoms with Crippen molar-refractivity contribution in [2.75, 3.05) is 26.2 Å². The second-order valence-corrected chi connectivity index (χ2v) is 9.72. The van der Waals surface area contributed by atoms with Crippen LogP contribution >= 0.6 is 0 Å². The largest absolute Gasteiger partial charge is 0.507 e. The number of hydrogen-bond donors (Lipinski definition) is 3. The maximum Gasteiger partial charge on any atom is 0.339 e.